The lowest BCUT2D eigenvalue weighted by molar-refractivity contribution is 0.920. The average molecular weight is 354 g/mol. The third-order valence-electron chi connectivity index (χ3n) is 2.71. The van der Waals surface area contributed by atoms with Gasteiger partial charge >= 0.3 is 0 Å². The highest BCUT2D eigenvalue weighted by Crippen LogP contribution is 2.36. The molecule has 2 aromatic carbocycles. The van der Waals surface area contributed by atoms with Crippen molar-refractivity contribution in [3.63, 3.8) is 0 Å². The normalized spacial score (nSPS) is 12.5. The van der Waals surface area contributed by atoms with E-state index in [1.165, 1.54) is 0 Å². The number of hydrogen-bond donors (Lipinski definition) is 0. The van der Waals surface area contributed by atoms with Crippen LogP contribution in [0.3, 0.4) is 0 Å². The van der Waals surface area contributed by atoms with Crippen LogP contribution < -0.4 is 0 Å². The number of rotatable bonds is 3. The molecule has 0 aromatic heterocycles. The van der Waals surface area contributed by atoms with Crippen molar-refractivity contribution in [3.05, 3.63) is 67.6 Å². The highest BCUT2D eigenvalue weighted by molar-refractivity contribution is 6.42. The summed E-state index contributed by atoms with van der Waals surface area (Å²) in [6.45, 7) is 0. The van der Waals surface area contributed by atoms with Gasteiger partial charge in [-0.05, 0) is 36.2 Å². The maximum absolute atomic E-state index is 6.40. The molecule has 0 radical (unpaired) electrons. The van der Waals surface area contributed by atoms with Crippen LogP contribution in [0.1, 0.15) is 16.5 Å². The first-order chi connectivity index (χ1) is 8.99. The molecule has 2 rings (SSSR count). The first-order valence-electron chi connectivity index (χ1n) is 5.51. The van der Waals surface area contributed by atoms with E-state index in [0.29, 0.717) is 26.5 Å². The summed E-state index contributed by atoms with van der Waals surface area (Å²) in [7, 11) is 0. The molecule has 0 N–H and O–H groups in total. The minimum atomic E-state index is -0.321. The third-order valence-corrected chi connectivity index (χ3v) is 4.48. The molecule has 5 heteroatoms. The van der Waals surface area contributed by atoms with Gasteiger partial charge in [-0.15, -0.1) is 11.6 Å². The van der Waals surface area contributed by atoms with Gasteiger partial charge in [0.2, 0.25) is 0 Å². The molecule has 0 saturated carbocycles. The van der Waals surface area contributed by atoms with Crippen molar-refractivity contribution in [2.24, 2.45) is 0 Å². The predicted octanol–water partition coefficient (Wildman–Crippen LogP) is 6.82. The van der Waals surface area contributed by atoms with E-state index in [1.807, 2.05) is 6.07 Å². The van der Waals surface area contributed by atoms with Crippen LogP contribution in [-0.2, 0) is 6.42 Å². The molecule has 1 unspecified atom stereocenters. The van der Waals surface area contributed by atoms with Gasteiger partial charge < -0.3 is 0 Å². The Morgan fingerprint density at radius 2 is 1.42 bits per heavy atom. The maximum Gasteiger partial charge on any atom is 0.0654 e. The quantitative estimate of drug-likeness (QED) is 0.530. The maximum atomic E-state index is 6.40. The van der Waals surface area contributed by atoms with Gasteiger partial charge in [0.15, 0.2) is 0 Å². The highest BCUT2D eigenvalue weighted by atomic mass is 35.5. The standard InChI is InChI=1S/C14H9Cl5/c15-9-5-4-8(6-12(9)18)7-13(19)14-10(16)2-1-3-11(14)17/h1-6,13H,7H2. The van der Waals surface area contributed by atoms with E-state index in [9.17, 15) is 0 Å². The molecule has 0 nitrogen and oxygen atoms in total. The molecule has 0 aliphatic rings. The van der Waals surface area contributed by atoms with Gasteiger partial charge in [-0.3, -0.25) is 0 Å². The molecule has 0 bridgehead atoms. The second-order valence-corrected chi connectivity index (χ2v) is 6.21. The molecular formula is C14H9Cl5. The lowest BCUT2D eigenvalue weighted by Gasteiger charge is -2.14. The Labute approximate surface area is 137 Å². The topological polar surface area (TPSA) is 0 Å². The number of alkyl halides is 1. The van der Waals surface area contributed by atoms with Gasteiger partial charge in [-0.25, -0.2) is 0 Å². The smallest absolute Gasteiger partial charge is 0.0654 e. The first kappa shape index (κ1) is 15.3. The molecular weight excluding hydrogens is 345 g/mol. The summed E-state index contributed by atoms with van der Waals surface area (Å²) in [6, 6.07) is 10.8. The molecule has 0 amide bonds. The van der Waals surface area contributed by atoms with Crippen LogP contribution in [0.5, 0.6) is 0 Å². The van der Waals surface area contributed by atoms with Crippen LogP contribution in [0.2, 0.25) is 20.1 Å². The van der Waals surface area contributed by atoms with E-state index in [-0.39, 0.29) is 5.38 Å². The summed E-state index contributed by atoms with van der Waals surface area (Å²) < 4.78 is 0. The molecule has 0 heterocycles. The van der Waals surface area contributed by atoms with Crippen molar-refractivity contribution < 1.29 is 0 Å². The molecule has 0 aliphatic carbocycles. The van der Waals surface area contributed by atoms with Gasteiger partial charge in [0.05, 0.1) is 15.4 Å². The fraction of sp³-hybridized carbons (Fsp3) is 0.143. The lowest BCUT2D eigenvalue weighted by Crippen LogP contribution is -1.98. The van der Waals surface area contributed by atoms with Crippen molar-refractivity contribution in [1.29, 1.82) is 0 Å². The Morgan fingerprint density at radius 3 is 2.00 bits per heavy atom. The third kappa shape index (κ3) is 3.71. The molecule has 100 valence electrons. The minimum Gasteiger partial charge on any atom is -0.117 e. The van der Waals surface area contributed by atoms with Gasteiger partial charge in [-0.2, -0.15) is 0 Å². The Hall–Kier alpha value is -0.110. The number of hydrogen-bond acceptors (Lipinski definition) is 0. The Bertz CT molecular complexity index is 574. The van der Waals surface area contributed by atoms with E-state index >= 15 is 0 Å². The van der Waals surface area contributed by atoms with Gasteiger partial charge in [0, 0.05) is 15.6 Å². The van der Waals surface area contributed by atoms with Gasteiger partial charge in [0.1, 0.15) is 0 Å². The van der Waals surface area contributed by atoms with Crippen molar-refractivity contribution in [1.82, 2.24) is 0 Å². The van der Waals surface area contributed by atoms with E-state index in [2.05, 4.69) is 0 Å². The van der Waals surface area contributed by atoms with Crippen LogP contribution in [0.15, 0.2) is 36.4 Å². The summed E-state index contributed by atoms with van der Waals surface area (Å²) in [4.78, 5) is 0. The van der Waals surface area contributed by atoms with Gasteiger partial charge in [0.25, 0.3) is 0 Å². The summed E-state index contributed by atoms with van der Waals surface area (Å²) in [5.74, 6) is 0. The molecule has 1 atom stereocenters. The van der Waals surface area contributed by atoms with E-state index in [0.717, 1.165) is 11.1 Å². The zero-order valence-electron chi connectivity index (χ0n) is 9.64. The summed E-state index contributed by atoms with van der Waals surface area (Å²) >= 11 is 30.5. The Kier molecular flexibility index (Phi) is 5.28. The molecule has 19 heavy (non-hydrogen) atoms. The molecule has 0 aliphatic heterocycles. The summed E-state index contributed by atoms with van der Waals surface area (Å²) in [6.07, 6.45) is 0.571. The Morgan fingerprint density at radius 1 is 0.789 bits per heavy atom. The highest BCUT2D eigenvalue weighted by Gasteiger charge is 2.16. The van der Waals surface area contributed by atoms with Crippen molar-refractivity contribution in [3.8, 4) is 0 Å². The first-order valence-corrected chi connectivity index (χ1v) is 7.45. The van der Waals surface area contributed by atoms with Crippen molar-refractivity contribution in [2.45, 2.75) is 11.8 Å². The molecule has 0 spiro atoms. The fourth-order valence-corrected chi connectivity index (χ4v) is 3.29. The second kappa shape index (κ2) is 6.56. The van der Waals surface area contributed by atoms with Crippen LogP contribution >= 0.6 is 58.0 Å². The summed E-state index contributed by atoms with van der Waals surface area (Å²) in [5, 5.41) is 1.83. The van der Waals surface area contributed by atoms with E-state index in [1.54, 1.807) is 30.3 Å². The largest absolute Gasteiger partial charge is 0.117 e. The number of halogens is 5. The average Bonchev–Trinajstić information content (AvgIpc) is 2.33. The van der Waals surface area contributed by atoms with Crippen LogP contribution in [0.4, 0.5) is 0 Å². The number of benzene rings is 2. The zero-order chi connectivity index (χ0) is 14.0. The van der Waals surface area contributed by atoms with E-state index < -0.39 is 0 Å². The SMILES string of the molecule is Clc1ccc(CC(Cl)c2c(Cl)cccc2Cl)cc1Cl. The molecule has 0 fully saturated rings. The Balaban J connectivity index is 2.25. The zero-order valence-corrected chi connectivity index (χ0v) is 13.4. The van der Waals surface area contributed by atoms with Gasteiger partial charge in [-0.1, -0.05) is 58.5 Å². The van der Waals surface area contributed by atoms with Crippen LogP contribution in [0, 0.1) is 0 Å². The second-order valence-electron chi connectivity index (χ2n) is 4.06. The predicted molar refractivity (Wildman–Crippen MR) is 85.2 cm³/mol. The lowest BCUT2D eigenvalue weighted by atomic mass is 10.0. The molecule has 2 aromatic rings. The van der Waals surface area contributed by atoms with Crippen molar-refractivity contribution >= 4 is 58.0 Å². The van der Waals surface area contributed by atoms with Crippen LogP contribution in [-0.4, -0.2) is 0 Å². The van der Waals surface area contributed by atoms with E-state index in [4.69, 9.17) is 58.0 Å². The van der Waals surface area contributed by atoms with Crippen molar-refractivity contribution in [2.75, 3.05) is 0 Å². The monoisotopic (exact) mass is 352 g/mol. The minimum absolute atomic E-state index is 0.321. The summed E-state index contributed by atoms with van der Waals surface area (Å²) in [5.41, 5.74) is 1.71. The fourth-order valence-electron chi connectivity index (χ4n) is 1.79. The molecule has 0 saturated heterocycles. The van der Waals surface area contributed by atoms with Crippen LogP contribution in [0.25, 0.3) is 0 Å².